The van der Waals surface area contributed by atoms with Gasteiger partial charge in [0.05, 0.1) is 7.11 Å². The summed E-state index contributed by atoms with van der Waals surface area (Å²) in [5.74, 6) is 1.09. The second kappa shape index (κ2) is 8.74. The lowest BCUT2D eigenvalue weighted by Gasteiger charge is -2.34. The first-order chi connectivity index (χ1) is 11.8. The zero-order valence-corrected chi connectivity index (χ0v) is 15.4. The monoisotopic (exact) mass is 374 g/mol. The average Bonchev–Trinajstić information content (AvgIpc) is 2.56. The summed E-state index contributed by atoms with van der Waals surface area (Å²) in [6, 6.07) is 7.14. The first-order valence-electron chi connectivity index (χ1n) is 8.53. The molecule has 1 fully saturated rings. The van der Waals surface area contributed by atoms with Crippen LogP contribution in [0.2, 0.25) is 0 Å². The van der Waals surface area contributed by atoms with Crippen LogP contribution in [-0.4, -0.2) is 35.9 Å². The Bertz CT molecular complexity index is 562. The highest BCUT2D eigenvalue weighted by molar-refractivity contribution is 7.80. The number of nitrogens with zero attached hydrogens (tertiary/aromatic N) is 1. The van der Waals surface area contributed by atoms with E-state index in [9.17, 15) is 13.2 Å². The van der Waals surface area contributed by atoms with E-state index in [1.54, 1.807) is 31.4 Å². The normalized spacial score (nSPS) is 20.8. The van der Waals surface area contributed by atoms with Crippen LogP contribution in [0.25, 0.3) is 0 Å². The summed E-state index contributed by atoms with van der Waals surface area (Å²) in [7, 11) is 1.55. The van der Waals surface area contributed by atoms with Crippen molar-refractivity contribution in [2.45, 2.75) is 51.4 Å². The quantitative estimate of drug-likeness (QED) is 0.767. The Balaban J connectivity index is 2.06. The van der Waals surface area contributed by atoms with Crippen molar-refractivity contribution in [3.05, 3.63) is 29.8 Å². The number of halogens is 3. The molecule has 3 nitrogen and oxygen atoms in total. The minimum Gasteiger partial charge on any atom is -0.497 e. The molecule has 1 aromatic rings. The minimum atomic E-state index is -4.31. The van der Waals surface area contributed by atoms with E-state index in [1.165, 1.54) is 11.3 Å². The molecule has 0 saturated heterocycles. The first-order valence-corrected chi connectivity index (χ1v) is 8.94. The molecule has 0 aliphatic heterocycles. The number of methoxy groups -OCH3 is 1. The second-order valence-electron chi connectivity index (χ2n) is 6.64. The molecule has 0 bridgehead atoms. The SMILES string of the molecule is COc1ccc(CN(CC(F)(F)F)C(=S)N[C@@H]2CCCC[C@H]2C)cc1. The average molecular weight is 374 g/mol. The zero-order valence-electron chi connectivity index (χ0n) is 14.6. The van der Waals surface area contributed by atoms with E-state index in [0.29, 0.717) is 11.7 Å². The predicted octanol–water partition coefficient (Wildman–Crippen LogP) is 4.51. The van der Waals surface area contributed by atoms with Gasteiger partial charge in [-0.3, -0.25) is 0 Å². The molecule has 0 heterocycles. The predicted molar refractivity (Wildman–Crippen MR) is 96.6 cm³/mol. The summed E-state index contributed by atoms with van der Waals surface area (Å²) in [4.78, 5) is 1.19. The summed E-state index contributed by atoms with van der Waals surface area (Å²) in [5, 5.41) is 3.34. The van der Waals surface area contributed by atoms with Crippen LogP contribution in [-0.2, 0) is 6.54 Å². The van der Waals surface area contributed by atoms with E-state index in [4.69, 9.17) is 17.0 Å². The smallest absolute Gasteiger partial charge is 0.406 e. The van der Waals surface area contributed by atoms with E-state index >= 15 is 0 Å². The summed E-state index contributed by atoms with van der Waals surface area (Å²) in [6.45, 7) is 1.17. The van der Waals surface area contributed by atoms with Gasteiger partial charge >= 0.3 is 6.18 Å². The maximum Gasteiger partial charge on any atom is 0.406 e. The molecule has 1 aromatic carbocycles. The van der Waals surface area contributed by atoms with Crippen molar-refractivity contribution < 1.29 is 17.9 Å². The van der Waals surface area contributed by atoms with Crippen LogP contribution >= 0.6 is 12.2 Å². The van der Waals surface area contributed by atoms with E-state index in [2.05, 4.69) is 12.2 Å². The third-order valence-electron chi connectivity index (χ3n) is 4.61. The van der Waals surface area contributed by atoms with Crippen LogP contribution in [0.4, 0.5) is 13.2 Å². The van der Waals surface area contributed by atoms with Gasteiger partial charge in [0.25, 0.3) is 0 Å². The number of alkyl halides is 3. The third kappa shape index (κ3) is 6.38. The van der Waals surface area contributed by atoms with E-state index < -0.39 is 12.7 Å². The second-order valence-corrected chi connectivity index (χ2v) is 7.02. The van der Waals surface area contributed by atoms with Crippen LogP contribution in [0.15, 0.2) is 24.3 Å². The van der Waals surface area contributed by atoms with Gasteiger partial charge in [-0.25, -0.2) is 0 Å². The fourth-order valence-corrected chi connectivity index (χ4v) is 3.43. The van der Waals surface area contributed by atoms with E-state index in [0.717, 1.165) is 24.8 Å². The molecular weight excluding hydrogens is 349 g/mol. The highest BCUT2D eigenvalue weighted by Crippen LogP contribution is 2.25. The lowest BCUT2D eigenvalue weighted by molar-refractivity contribution is -0.138. The molecule has 1 saturated carbocycles. The summed E-state index contributed by atoms with van der Waals surface area (Å²) in [6.07, 6.45) is -0.0231. The molecule has 1 aliphatic rings. The molecule has 0 aromatic heterocycles. The highest BCUT2D eigenvalue weighted by atomic mass is 32.1. The Morgan fingerprint density at radius 1 is 1.24 bits per heavy atom. The molecule has 1 N–H and O–H groups in total. The molecular formula is C18H25F3N2OS. The number of ether oxygens (including phenoxy) is 1. The van der Waals surface area contributed by atoms with Crippen LogP contribution in [0.5, 0.6) is 5.75 Å². The first kappa shape index (κ1) is 19.8. The fraction of sp³-hybridized carbons (Fsp3) is 0.611. The lowest BCUT2D eigenvalue weighted by Crippen LogP contribution is -2.49. The van der Waals surface area contributed by atoms with Crippen LogP contribution in [0.3, 0.4) is 0 Å². The van der Waals surface area contributed by atoms with Gasteiger partial charge in [-0.2, -0.15) is 13.2 Å². The number of rotatable bonds is 5. The van der Waals surface area contributed by atoms with Crippen molar-refractivity contribution in [2.75, 3.05) is 13.7 Å². The Labute approximate surface area is 152 Å². The van der Waals surface area contributed by atoms with Gasteiger partial charge in [0, 0.05) is 12.6 Å². The number of thiocarbonyl (C=S) groups is 1. The zero-order chi connectivity index (χ0) is 18.4. The standard InChI is InChI=1S/C18H25F3N2OS/c1-13-5-3-4-6-16(13)22-17(25)23(12-18(19,20)21)11-14-7-9-15(24-2)10-8-14/h7-10,13,16H,3-6,11-12H2,1-2H3,(H,22,25)/t13-,16-/m1/s1. The summed E-state index contributed by atoms with van der Waals surface area (Å²) in [5.41, 5.74) is 0.755. The van der Waals surface area contributed by atoms with Gasteiger partial charge in [0.1, 0.15) is 12.3 Å². The topological polar surface area (TPSA) is 24.5 Å². The Kier molecular flexibility index (Phi) is 6.93. The van der Waals surface area contributed by atoms with Crippen LogP contribution < -0.4 is 10.1 Å². The molecule has 1 aliphatic carbocycles. The molecule has 0 radical (unpaired) electrons. The number of nitrogens with one attached hydrogen (secondary N) is 1. The molecule has 7 heteroatoms. The van der Waals surface area contributed by atoms with Crippen molar-refractivity contribution in [1.29, 1.82) is 0 Å². The minimum absolute atomic E-state index is 0.108. The van der Waals surface area contributed by atoms with Gasteiger partial charge in [0.15, 0.2) is 5.11 Å². The Hall–Kier alpha value is -1.50. The van der Waals surface area contributed by atoms with Gasteiger partial charge in [-0.15, -0.1) is 0 Å². The molecule has 140 valence electrons. The van der Waals surface area contributed by atoms with Gasteiger partial charge in [0.2, 0.25) is 0 Å². The van der Waals surface area contributed by atoms with E-state index in [-0.39, 0.29) is 17.7 Å². The van der Waals surface area contributed by atoms with Crippen molar-refractivity contribution in [1.82, 2.24) is 10.2 Å². The van der Waals surface area contributed by atoms with Crippen LogP contribution in [0, 0.1) is 5.92 Å². The Morgan fingerprint density at radius 2 is 1.88 bits per heavy atom. The third-order valence-corrected chi connectivity index (χ3v) is 4.99. The fourth-order valence-electron chi connectivity index (χ4n) is 3.15. The largest absolute Gasteiger partial charge is 0.497 e. The van der Waals surface area contributed by atoms with Crippen LogP contribution in [0.1, 0.15) is 38.2 Å². The molecule has 0 spiro atoms. The molecule has 0 unspecified atom stereocenters. The number of hydrogen-bond donors (Lipinski definition) is 1. The molecule has 25 heavy (non-hydrogen) atoms. The molecule has 2 rings (SSSR count). The Morgan fingerprint density at radius 3 is 2.44 bits per heavy atom. The number of hydrogen-bond acceptors (Lipinski definition) is 2. The van der Waals surface area contributed by atoms with Gasteiger partial charge < -0.3 is 15.0 Å². The lowest BCUT2D eigenvalue weighted by atomic mass is 9.86. The van der Waals surface area contributed by atoms with Crippen molar-refractivity contribution in [3.8, 4) is 5.75 Å². The maximum absolute atomic E-state index is 13.0. The maximum atomic E-state index is 13.0. The summed E-state index contributed by atoms with van der Waals surface area (Å²) < 4.78 is 44.1. The van der Waals surface area contributed by atoms with Gasteiger partial charge in [-0.05, 0) is 48.7 Å². The van der Waals surface area contributed by atoms with Crippen molar-refractivity contribution >= 4 is 17.3 Å². The summed E-state index contributed by atoms with van der Waals surface area (Å²) >= 11 is 5.32. The van der Waals surface area contributed by atoms with Gasteiger partial charge in [-0.1, -0.05) is 31.9 Å². The number of benzene rings is 1. The highest BCUT2D eigenvalue weighted by Gasteiger charge is 2.33. The van der Waals surface area contributed by atoms with E-state index in [1.807, 2.05) is 0 Å². The molecule has 0 amide bonds. The van der Waals surface area contributed by atoms with Crippen molar-refractivity contribution in [2.24, 2.45) is 5.92 Å². The van der Waals surface area contributed by atoms with Crippen molar-refractivity contribution in [3.63, 3.8) is 0 Å². The molecule has 2 atom stereocenters.